The van der Waals surface area contributed by atoms with Crippen LogP contribution in [0, 0.1) is 0 Å². The highest BCUT2D eigenvalue weighted by molar-refractivity contribution is 5.85. The minimum Gasteiger partial charge on any atom is -1.00 e. The van der Waals surface area contributed by atoms with Gasteiger partial charge in [-0.05, 0) is 25.7 Å². The molecule has 0 amide bonds. The van der Waals surface area contributed by atoms with Crippen molar-refractivity contribution < 1.29 is 16.9 Å². The van der Waals surface area contributed by atoms with E-state index in [4.69, 9.17) is 0 Å². The van der Waals surface area contributed by atoms with Crippen LogP contribution in [-0.4, -0.2) is 44.1 Å². The Balaban J connectivity index is 0. The summed E-state index contributed by atoms with van der Waals surface area (Å²) in [5, 5.41) is 0. The standard InChI is InChI=1S/C12H18N.C9H13N.2ClH/c1-4-10-13(2,3)11-12-8-6-5-7-9-12;1-10(2)8-9-6-4-3-5-7-9;;/h4-9H,1,10-11H2,2-3H3;3-7H,8H2,1-2H3;2*1H/q+1;;;/p-1. The van der Waals surface area contributed by atoms with Crippen LogP contribution in [0.4, 0.5) is 0 Å². The van der Waals surface area contributed by atoms with Crippen LogP contribution in [0.3, 0.4) is 0 Å². The summed E-state index contributed by atoms with van der Waals surface area (Å²) in [4.78, 5) is 2.16. The van der Waals surface area contributed by atoms with Gasteiger partial charge in [-0.15, -0.1) is 12.4 Å². The summed E-state index contributed by atoms with van der Waals surface area (Å²) in [5.74, 6) is 0. The number of quaternary nitrogens is 1. The number of benzene rings is 2. The minimum absolute atomic E-state index is 0. The summed E-state index contributed by atoms with van der Waals surface area (Å²) >= 11 is 0. The lowest BCUT2D eigenvalue weighted by atomic mass is 10.2. The predicted molar refractivity (Wildman–Crippen MR) is 108 cm³/mol. The molecule has 2 rings (SSSR count). The molecule has 140 valence electrons. The first-order valence-electron chi connectivity index (χ1n) is 8.08. The highest BCUT2D eigenvalue weighted by Gasteiger charge is 2.12. The van der Waals surface area contributed by atoms with E-state index in [2.05, 4.69) is 94.3 Å². The fraction of sp³-hybridized carbons (Fsp3) is 0.333. The Morgan fingerprint density at radius 2 is 1.32 bits per heavy atom. The summed E-state index contributed by atoms with van der Waals surface area (Å²) in [6.45, 7) is 6.87. The van der Waals surface area contributed by atoms with Gasteiger partial charge in [-0.1, -0.05) is 67.2 Å². The zero-order valence-corrected chi connectivity index (χ0v) is 17.4. The van der Waals surface area contributed by atoms with Crippen molar-refractivity contribution in [2.45, 2.75) is 13.1 Å². The second-order valence-electron chi connectivity index (χ2n) is 6.77. The lowest BCUT2D eigenvalue weighted by molar-refractivity contribution is -0.897. The largest absolute Gasteiger partial charge is 1.00 e. The highest BCUT2D eigenvalue weighted by Crippen LogP contribution is 2.08. The van der Waals surface area contributed by atoms with E-state index in [9.17, 15) is 0 Å². The molecule has 2 aromatic rings. The number of hydrogen-bond donors (Lipinski definition) is 0. The fourth-order valence-corrected chi connectivity index (χ4v) is 2.44. The first kappa shape index (κ1) is 25.9. The van der Waals surface area contributed by atoms with Crippen LogP contribution in [0.25, 0.3) is 0 Å². The van der Waals surface area contributed by atoms with Gasteiger partial charge in [0.25, 0.3) is 0 Å². The van der Waals surface area contributed by atoms with Crippen LogP contribution < -0.4 is 12.4 Å². The van der Waals surface area contributed by atoms with E-state index in [1.807, 2.05) is 12.1 Å². The molecule has 25 heavy (non-hydrogen) atoms. The molecule has 0 aliphatic heterocycles. The van der Waals surface area contributed by atoms with Crippen molar-refractivity contribution in [3.8, 4) is 0 Å². The topological polar surface area (TPSA) is 3.24 Å². The van der Waals surface area contributed by atoms with Crippen molar-refractivity contribution in [2.75, 3.05) is 34.7 Å². The summed E-state index contributed by atoms with van der Waals surface area (Å²) in [5.41, 5.74) is 2.75. The summed E-state index contributed by atoms with van der Waals surface area (Å²) in [7, 11) is 8.59. The van der Waals surface area contributed by atoms with E-state index in [1.165, 1.54) is 11.1 Å². The van der Waals surface area contributed by atoms with Crippen molar-refractivity contribution in [2.24, 2.45) is 0 Å². The predicted octanol–water partition coefficient (Wildman–Crippen LogP) is 1.62. The average Bonchev–Trinajstić information content (AvgIpc) is 2.48. The number of halogens is 2. The first-order chi connectivity index (χ1) is 10.9. The Hall–Kier alpha value is -1.32. The van der Waals surface area contributed by atoms with Crippen molar-refractivity contribution >= 4 is 12.4 Å². The molecule has 0 aliphatic carbocycles. The van der Waals surface area contributed by atoms with Gasteiger partial charge in [0, 0.05) is 12.1 Å². The third-order valence-electron chi connectivity index (χ3n) is 3.42. The van der Waals surface area contributed by atoms with Gasteiger partial charge in [0.05, 0.1) is 20.6 Å². The molecule has 4 heteroatoms. The Morgan fingerprint density at radius 3 is 1.72 bits per heavy atom. The summed E-state index contributed by atoms with van der Waals surface area (Å²) < 4.78 is 0.966. The number of likely N-dealkylation sites (N-methyl/N-ethyl adjacent to an activating group) is 1. The molecule has 0 radical (unpaired) electrons. The minimum atomic E-state index is 0. The molecule has 0 atom stereocenters. The Bertz CT molecular complexity index is 555. The van der Waals surface area contributed by atoms with Crippen molar-refractivity contribution in [1.29, 1.82) is 0 Å². The maximum atomic E-state index is 3.77. The molecule has 0 aromatic heterocycles. The van der Waals surface area contributed by atoms with Crippen LogP contribution in [0.5, 0.6) is 0 Å². The molecule has 0 saturated carbocycles. The lowest BCUT2D eigenvalue weighted by Gasteiger charge is -2.28. The molecule has 0 saturated heterocycles. The van der Waals surface area contributed by atoms with Gasteiger partial charge in [0.1, 0.15) is 6.54 Å². The molecular weight excluding hydrogens is 351 g/mol. The Labute approximate surface area is 166 Å². The van der Waals surface area contributed by atoms with Crippen LogP contribution >= 0.6 is 12.4 Å². The van der Waals surface area contributed by atoms with Crippen molar-refractivity contribution in [1.82, 2.24) is 4.90 Å². The first-order valence-corrected chi connectivity index (χ1v) is 8.08. The van der Waals surface area contributed by atoms with Crippen molar-refractivity contribution in [3.05, 3.63) is 84.4 Å². The highest BCUT2D eigenvalue weighted by atomic mass is 35.5. The SMILES string of the molecule is C=CC[N+](C)(C)Cc1ccccc1.CN(C)Cc1ccccc1.Cl.[Cl-]. The second kappa shape index (κ2) is 13.9. The number of rotatable bonds is 6. The van der Waals surface area contributed by atoms with E-state index in [1.54, 1.807) is 0 Å². The molecule has 0 unspecified atom stereocenters. The fourth-order valence-electron chi connectivity index (χ4n) is 2.44. The zero-order chi connectivity index (χ0) is 17.1. The van der Waals surface area contributed by atoms with Gasteiger partial charge >= 0.3 is 0 Å². The molecule has 0 spiro atoms. The molecule has 2 nitrogen and oxygen atoms in total. The van der Waals surface area contributed by atoms with Crippen LogP contribution in [0.2, 0.25) is 0 Å². The number of hydrogen-bond acceptors (Lipinski definition) is 1. The molecule has 0 heterocycles. The van der Waals surface area contributed by atoms with E-state index < -0.39 is 0 Å². The second-order valence-corrected chi connectivity index (χ2v) is 6.77. The Morgan fingerprint density at radius 1 is 0.880 bits per heavy atom. The van der Waals surface area contributed by atoms with E-state index in [0.717, 1.165) is 24.1 Å². The monoisotopic (exact) mass is 382 g/mol. The Kier molecular flexibility index (Phi) is 14.4. The maximum Gasteiger partial charge on any atom is 0.104 e. The third-order valence-corrected chi connectivity index (χ3v) is 3.42. The molecule has 2 aromatic carbocycles. The van der Waals surface area contributed by atoms with Crippen LogP contribution in [0.15, 0.2) is 73.3 Å². The molecular formula is C21H32Cl2N2. The van der Waals surface area contributed by atoms with E-state index in [0.29, 0.717) is 0 Å². The van der Waals surface area contributed by atoms with Gasteiger partial charge in [-0.3, -0.25) is 0 Å². The smallest absolute Gasteiger partial charge is 0.104 e. The normalized spacial score (nSPS) is 9.96. The molecule has 0 bridgehead atoms. The van der Waals surface area contributed by atoms with E-state index in [-0.39, 0.29) is 24.8 Å². The van der Waals surface area contributed by atoms with Crippen LogP contribution in [-0.2, 0) is 13.1 Å². The van der Waals surface area contributed by atoms with Gasteiger partial charge in [0.2, 0.25) is 0 Å². The van der Waals surface area contributed by atoms with Gasteiger partial charge in [-0.25, -0.2) is 0 Å². The zero-order valence-electron chi connectivity index (χ0n) is 15.9. The van der Waals surface area contributed by atoms with Gasteiger partial charge < -0.3 is 21.8 Å². The maximum absolute atomic E-state index is 3.77. The molecule has 0 fully saturated rings. The van der Waals surface area contributed by atoms with E-state index >= 15 is 0 Å². The number of nitrogens with zero attached hydrogens (tertiary/aromatic N) is 2. The molecule has 0 aliphatic rings. The molecule has 0 N–H and O–H groups in total. The quantitative estimate of drug-likeness (QED) is 0.541. The van der Waals surface area contributed by atoms with Crippen LogP contribution in [0.1, 0.15) is 11.1 Å². The van der Waals surface area contributed by atoms with Gasteiger partial charge in [-0.2, -0.15) is 0 Å². The third kappa shape index (κ3) is 12.7. The van der Waals surface area contributed by atoms with Crippen molar-refractivity contribution in [3.63, 3.8) is 0 Å². The summed E-state index contributed by atoms with van der Waals surface area (Å²) in [6, 6.07) is 21.0. The van der Waals surface area contributed by atoms with Gasteiger partial charge in [0.15, 0.2) is 0 Å². The average molecular weight is 383 g/mol. The summed E-state index contributed by atoms with van der Waals surface area (Å²) in [6.07, 6.45) is 1.98. The lowest BCUT2D eigenvalue weighted by Crippen LogP contribution is -3.00.